The molecule has 0 bridgehead atoms. The highest BCUT2D eigenvalue weighted by molar-refractivity contribution is 5.87. The number of carboxylic acid groups (broad SMARTS) is 1. The molecule has 0 saturated carbocycles. The number of likely N-dealkylation sites (tertiary alicyclic amines) is 2. The molecule has 8 heteroatoms. The van der Waals surface area contributed by atoms with Crippen molar-refractivity contribution in [2.75, 3.05) is 26.2 Å². The van der Waals surface area contributed by atoms with Gasteiger partial charge in [0.05, 0.1) is 18.2 Å². The average molecular weight is 366 g/mol. The van der Waals surface area contributed by atoms with E-state index in [1.807, 2.05) is 0 Å². The number of nitrogens with one attached hydrogen (secondary N) is 1. The van der Waals surface area contributed by atoms with E-state index in [-0.39, 0.29) is 36.0 Å². The fourth-order valence-electron chi connectivity index (χ4n) is 4.64. The predicted octanol–water partition coefficient (Wildman–Crippen LogP) is -0.867. The molecule has 0 radical (unpaired) electrons. The van der Waals surface area contributed by atoms with Crippen LogP contribution >= 0.6 is 0 Å². The second kappa shape index (κ2) is 8.04. The van der Waals surface area contributed by atoms with Crippen LogP contribution in [0.2, 0.25) is 0 Å². The Morgan fingerprint density at radius 1 is 1.23 bits per heavy atom. The SMILES string of the molecule is CC(=O)N[C@H]1[C@H](N2CCC(N3CCCC3)C(O)C2)C=C(C(=O)O)C[C@@H]1N. The number of amides is 1. The van der Waals surface area contributed by atoms with Crippen LogP contribution in [0.4, 0.5) is 0 Å². The van der Waals surface area contributed by atoms with Gasteiger partial charge in [-0.2, -0.15) is 0 Å². The average Bonchev–Trinajstić information content (AvgIpc) is 3.10. The maximum atomic E-state index is 11.6. The molecule has 2 unspecified atom stereocenters. The minimum atomic E-state index is -0.973. The van der Waals surface area contributed by atoms with E-state index in [0.717, 1.165) is 26.1 Å². The monoisotopic (exact) mass is 366 g/mol. The Morgan fingerprint density at radius 2 is 1.92 bits per heavy atom. The fraction of sp³-hybridized carbons (Fsp3) is 0.778. The standard InChI is InChI=1S/C18H30N4O4/c1-11(23)20-17-13(19)8-12(18(25)26)9-15(17)22-7-4-14(16(24)10-22)21-5-2-3-6-21/h9,13-17,24H,2-8,10,19H2,1H3,(H,20,23)(H,25,26)/t13-,14?,15+,16?,17+/m0/s1. The zero-order valence-electron chi connectivity index (χ0n) is 15.3. The lowest BCUT2D eigenvalue weighted by molar-refractivity contribution is -0.133. The quantitative estimate of drug-likeness (QED) is 0.511. The van der Waals surface area contributed by atoms with Gasteiger partial charge in [0.15, 0.2) is 0 Å². The van der Waals surface area contributed by atoms with Crippen LogP contribution in [0.1, 0.15) is 32.6 Å². The molecule has 8 nitrogen and oxygen atoms in total. The maximum absolute atomic E-state index is 11.6. The number of carboxylic acids is 1. The summed E-state index contributed by atoms with van der Waals surface area (Å²) in [5.74, 6) is -1.16. The van der Waals surface area contributed by atoms with Gasteiger partial charge in [0.25, 0.3) is 0 Å². The summed E-state index contributed by atoms with van der Waals surface area (Å²) in [6.07, 6.45) is 4.63. The number of aliphatic hydroxyl groups excluding tert-OH is 1. The molecule has 5 N–H and O–H groups in total. The minimum Gasteiger partial charge on any atom is -0.478 e. The van der Waals surface area contributed by atoms with Gasteiger partial charge >= 0.3 is 5.97 Å². The molecule has 0 aromatic heterocycles. The molecular formula is C18H30N4O4. The number of nitrogens with zero attached hydrogens (tertiary/aromatic N) is 2. The first-order valence-electron chi connectivity index (χ1n) is 9.49. The van der Waals surface area contributed by atoms with Crippen molar-refractivity contribution in [3.8, 4) is 0 Å². The Labute approximate surface area is 154 Å². The third-order valence-electron chi connectivity index (χ3n) is 5.91. The van der Waals surface area contributed by atoms with Gasteiger partial charge in [0, 0.05) is 37.7 Å². The molecule has 3 aliphatic rings. The molecule has 2 heterocycles. The number of β-amino-alcohol motifs (C(OH)–C–C–N with tert-alkyl or cyclic N) is 1. The van der Waals surface area contributed by atoms with Gasteiger partial charge < -0.3 is 21.3 Å². The van der Waals surface area contributed by atoms with E-state index >= 15 is 0 Å². The Balaban J connectivity index is 1.76. The lowest BCUT2D eigenvalue weighted by Gasteiger charge is -2.46. The normalized spacial score (nSPS) is 36.6. The van der Waals surface area contributed by atoms with E-state index in [1.165, 1.54) is 19.8 Å². The second-order valence-corrected chi connectivity index (χ2v) is 7.74. The van der Waals surface area contributed by atoms with Gasteiger partial charge in [-0.1, -0.05) is 6.08 Å². The Kier molecular flexibility index (Phi) is 5.96. The smallest absolute Gasteiger partial charge is 0.331 e. The number of piperidine rings is 1. The van der Waals surface area contributed by atoms with Crippen LogP contribution in [0, 0.1) is 0 Å². The maximum Gasteiger partial charge on any atom is 0.331 e. The highest BCUT2D eigenvalue weighted by Crippen LogP contribution is 2.28. The molecule has 2 saturated heterocycles. The van der Waals surface area contributed by atoms with Crippen molar-refractivity contribution in [3.05, 3.63) is 11.6 Å². The Bertz CT molecular complexity index is 576. The predicted molar refractivity (Wildman–Crippen MR) is 96.5 cm³/mol. The van der Waals surface area contributed by atoms with Crippen LogP contribution < -0.4 is 11.1 Å². The van der Waals surface area contributed by atoms with Gasteiger partial charge in [-0.25, -0.2) is 4.79 Å². The number of nitrogens with two attached hydrogens (primary N) is 1. The molecule has 2 fully saturated rings. The largest absolute Gasteiger partial charge is 0.478 e. The minimum absolute atomic E-state index is 0.160. The van der Waals surface area contributed by atoms with Crippen molar-refractivity contribution in [2.24, 2.45) is 5.73 Å². The molecule has 146 valence electrons. The first-order chi connectivity index (χ1) is 12.4. The van der Waals surface area contributed by atoms with Crippen LogP contribution in [0.15, 0.2) is 11.6 Å². The van der Waals surface area contributed by atoms with Crippen LogP contribution in [-0.4, -0.2) is 88.3 Å². The van der Waals surface area contributed by atoms with Crippen LogP contribution in [-0.2, 0) is 9.59 Å². The summed E-state index contributed by atoms with van der Waals surface area (Å²) < 4.78 is 0. The van der Waals surface area contributed by atoms with Crippen LogP contribution in [0.25, 0.3) is 0 Å². The molecular weight excluding hydrogens is 336 g/mol. The van der Waals surface area contributed by atoms with Gasteiger partial charge in [-0.15, -0.1) is 0 Å². The van der Waals surface area contributed by atoms with E-state index in [1.54, 1.807) is 6.08 Å². The van der Waals surface area contributed by atoms with Gasteiger partial charge in [-0.3, -0.25) is 14.6 Å². The number of rotatable bonds is 4. The van der Waals surface area contributed by atoms with E-state index < -0.39 is 18.1 Å². The van der Waals surface area contributed by atoms with E-state index in [4.69, 9.17) is 5.73 Å². The Morgan fingerprint density at radius 3 is 2.50 bits per heavy atom. The molecule has 0 aromatic carbocycles. The van der Waals surface area contributed by atoms with Crippen molar-refractivity contribution < 1.29 is 19.8 Å². The number of hydrogen-bond acceptors (Lipinski definition) is 6. The number of carbonyl (C=O) groups excluding carboxylic acids is 1. The first-order valence-corrected chi connectivity index (χ1v) is 9.49. The molecule has 1 aliphatic carbocycles. The zero-order valence-corrected chi connectivity index (χ0v) is 15.3. The number of carbonyl (C=O) groups is 2. The number of hydrogen-bond donors (Lipinski definition) is 4. The van der Waals surface area contributed by atoms with Crippen molar-refractivity contribution in [1.82, 2.24) is 15.1 Å². The second-order valence-electron chi connectivity index (χ2n) is 7.74. The van der Waals surface area contributed by atoms with E-state index in [9.17, 15) is 19.8 Å². The number of aliphatic carboxylic acids is 1. The summed E-state index contributed by atoms with van der Waals surface area (Å²) in [6.45, 7) is 4.71. The van der Waals surface area contributed by atoms with Crippen molar-refractivity contribution in [3.63, 3.8) is 0 Å². The first kappa shape index (κ1) is 19.3. The molecule has 5 atom stereocenters. The van der Waals surface area contributed by atoms with Crippen LogP contribution in [0.3, 0.4) is 0 Å². The van der Waals surface area contributed by atoms with E-state index in [0.29, 0.717) is 6.54 Å². The van der Waals surface area contributed by atoms with Gasteiger partial charge in [0.2, 0.25) is 5.91 Å². The fourth-order valence-corrected chi connectivity index (χ4v) is 4.64. The van der Waals surface area contributed by atoms with Gasteiger partial charge in [-0.05, 0) is 38.8 Å². The third-order valence-corrected chi connectivity index (χ3v) is 5.91. The van der Waals surface area contributed by atoms with Crippen molar-refractivity contribution >= 4 is 11.9 Å². The molecule has 2 aliphatic heterocycles. The van der Waals surface area contributed by atoms with Crippen LogP contribution in [0.5, 0.6) is 0 Å². The molecule has 26 heavy (non-hydrogen) atoms. The lowest BCUT2D eigenvalue weighted by atomic mass is 9.84. The van der Waals surface area contributed by atoms with Gasteiger partial charge in [0.1, 0.15) is 0 Å². The lowest BCUT2D eigenvalue weighted by Crippen LogP contribution is -2.64. The molecule has 0 aromatic rings. The summed E-state index contributed by atoms with van der Waals surface area (Å²) in [4.78, 5) is 27.5. The third kappa shape index (κ3) is 4.09. The molecule has 3 rings (SSSR count). The van der Waals surface area contributed by atoms with Crippen molar-refractivity contribution in [2.45, 2.75) is 62.9 Å². The summed E-state index contributed by atoms with van der Waals surface area (Å²) in [7, 11) is 0. The Hall–Kier alpha value is -1.48. The zero-order chi connectivity index (χ0) is 18.8. The summed E-state index contributed by atoms with van der Waals surface area (Å²) in [5, 5.41) is 23.0. The number of aliphatic hydroxyl groups is 1. The topological polar surface area (TPSA) is 119 Å². The van der Waals surface area contributed by atoms with Crippen molar-refractivity contribution in [1.29, 1.82) is 0 Å². The molecule has 1 amide bonds. The summed E-state index contributed by atoms with van der Waals surface area (Å²) in [5.41, 5.74) is 6.48. The highest BCUT2D eigenvalue weighted by atomic mass is 16.4. The molecule has 0 spiro atoms. The highest BCUT2D eigenvalue weighted by Gasteiger charge is 2.41. The van der Waals surface area contributed by atoms with E-state index in [2.05, 4.69) is 15.1 Å². The summed E-state index contributed by atoms with van der Waals surface area (Å²) >= 11 is 0. The summed E-state index contributed by atoms with van der Waals surface area (Å²) in [6, 6.07) is -0.976.